The SMILES string of the molecule is CN(C)c1ncc(C2OC(CC(=O)[O-])=C(C3=CCCS3)N2C)cn1. The average molecular weight is 347 g/mol. The van der Waals surface area contributed by atoms with Crippen LogP contribution in [0, 0.1) is 0 Å². The predicted octanol–water partition coefficient (Wildman–Crippen LogP) is 0.876. The van der Waals surface area contributed by atoms with E-state index in [1.54, 1.807) is 24.2 Å². The highest BCUT2D eigenvalue weighted by molar-refractivity contribution is 8.03. The van der Waals surface area contributed by atoms with E-state index in [1.807, 2.05) is 30.9 Å². The van der Waals surface area contributed by atoms with E-state index in [-0.39, 0.29) is 6.42 Å². The van der Waals surface area contributed by atoms with Crippen molar-refractivity contribution >= 4 is 23.7 Å². The summed E-state index contributed by atoms with van der Waals surface area (Å²) in [6.45, 7) is 0. The summed E-state index contributed by atoms with van der Waals surface area (Å²) in [4.78, 5) is 24.5. The van der Waals surface area contributed by atoms with Crippen LogP contribution in [0.3, 0.4) is 0 Å². The van der Waals surface area contributed by atoms with Crippen LogP contribution >= 0.6 is 11.8 Å². The van der Waals surface area contributed by atoms with Crippen molar-refractivity contribution in [1.82, 2.24) is 14.9 Å². The Labute approximate surface area is 145 Å². The first-order chi connectivity index (χ1) is 11.5. The molecule has 0 fully saturated rings. The van der Waals surface area contributed by atoms with Gasteiger partial charge in [0.2, 0.25) is 12.2 Å². The predicted molar refractivity (Wildman–Crippen MR) is 89.8 cm³/mol. The normalized spacial score (nSPS) is 20.2. The summed E-state index contributed by atoms with van der Waals surface area (Å²) in [5.41, 5.74) is 1.60. The number of anilines is 1. The quantitative estimate of drug-likeness (QED) is 0.776. The molecule has 2 aliphatic rings. The molecule has 0 aliphatic carbocycles. The Kier molecular flexibility index (Phi) is 4.66. The minimum atomic E-state index is -1.15. The van der Waals surface area contributed by atoms with Crippen LogP contribution in [0.4, 0.5) is 5.95 Å². The number of carboxylic acid groups (broad SMARTS) is 1. The Balaban J connectivity index is 1.88. The summed E-state index contributed by atoms with van der Waals surface area (Å²) >= 11 is 1.71. The van der Waals surface area contributed by atoms with Gasteiger partial charge in [-0.25, -0.2) is 9.97 Å². The summed E-state index contributed by atoms with van der Waals surface area (Å²) in [5.74, 6) is 0.882. The third-order valence-corrected chi connectivity index (χ3v) is 4.92. The first kappa shape index (κ1) is 16.6. The van der Waals surface area contributed by atoms with Gasteiger partial charge in [0.15, 0.2) is 0 Å². The lowest BCUT2D eigenvalue weighted by atomic mass is 10.2. The summed E-state index contributed by atoms with van der Waals surface area (Å²) < 4.78 is 5.93. The highest BCUT2D eigenvalue weighted by atomic mass is 32.2. The number of carbonyl (C=O) groups excluding carboxylic acids is 1. The van der Waals surface area contributed by atoms with Gasteiger partial charge >= 0.3 is 0 Å². The van der Waals surface area contributed by atoms with Crippen LogP contribution in [0.2, 0.25) is 0 Å². The van der Waals surface area contributed by atoms with Crippen molar-refractivity contribution in [2.75, 3.05) is 31.8 Å². The zero-order valence-electron chi connectivity index (χ0n) is 13.9. The number of rotatable bonds is 5. The molecule has 0 bridgehead atoms. The van der Waals surface area contributed by atoms with Gasteiger partial charge in [-0.1, -0.05) is 6.08 Å². The van der Waals surface area contributed by atoms with Crippen molar-refractivity contribution in [2.45, 2.75) is 19.1 Å². The number of aliphatic carboxylic acids is 1. The molecule has 1 atom stereocenters. The third-order valence-electron chi connectivity index (χ3n) is 3.81. The van der Waals surface area contributed by atoms with Crippen LogP contribution in [-0.4, -0.2) is 47.7 Å². The van der Waals surface area contributed by atoms with Gasteiger partial charge in [-0.05, 0) is 6.42 Å². The lowest BCUT2D eigenvalue weighted by molar-refractivity contribution is -0.305. The monoisotopic (exact) mass is 347 g/mol. The lowest BCUT2D eigenvalue weighted by Gasteiger charge is -2.23. The maximum Gasteiger partial charge on any atom is 0.224 e. The molecular weight excluding hydrogens is 328 g/mol. The molecule has 0 saturated carbocycles. The molecule has 7 nitrogen and oxygen atoms in total. The van der Waals surface area contributed by atoms with Crippen LogP contribution in [-0.2, 0) is 9.53 Å². The van der Waals surface area contributed by atoms with Gasteiger partial charge in [0.1, 0.15) is 5.76 Å². The number of hydrogen-bond donors (Lipinski definition) is 0. The van der Waals surface area contributed by atoms with Gasteiger partial charge in [-0.15, -0.1) is 11.8 Å². The van der Waals surface area contributed by atoms with Crippen LogP contribution in [0.5, 0.6) is 0 Å². The van der Waals surface area contributed by atoms with Crippen LogP contribution in [0.25, 0.3) is 0 Å². The maximum atomic E-state index is 11.1. The average Bonchev–Trinajstić information content (AvgIpc) is 3.15. The molecule has 128 valence electrons. The standard InChI is InChI=1S/C16H20N4O3S/c1-19(2)16-17-8-10(9-18-16)15-20(3)14(12-5-4-6-24-12)11(23-15)7-13(21)22/h5,8-9,15H,4,6-7H2,1-3H3,(H,21,22)/p-1. The topological polar surface area (TPSA) is 81.6 Å². The lowest BCUT2D eigenvalue weighted by Crippen LogP contribution is -2.22. The zero-order valence-corrected chi connectivity index (χ0v) is 14.7. The number of carboxylic acids is 1. The van der Waals surface area contributed by atoms with Gasteiger partial charge in [0, 0.05) is 56.6 Å². The number of hydrogen-bond acceptors (Lipinski definition) is 8. The third kappa shape index (κ3) is 3.19. The molecule has 0 radical (unpaired) electrons. The van der Waals surface area contributed by atoms with Gasteiger partial charge in [0.05, 0.1) is 11.3 Å². The molecule has 0 amide bonds. The van der Waals surface area contributed by atoms with E-state index in [2.05, 4.69) is 16.0 Å². The van der Waals surface area contributed by atoms with E-state index in [0.29, 0.717) is 11.7 Å². The number of aromatic nitrogens is 2. The van der Waals surface area contributed by atoms with Crippen LogP contribution in [0.1, 0.15) is 24.6 Å². The molecule has 1 unspecified atom stereocenters. The van der Waals surface area contributed by atoms with Gasteiger partial charge in [-0.3, -0.25) is 0 Å². The summed E-state index contributed by atoms with van der Waals surface area (Å²) in [6, 6.07) is 0. The number of carbonyl (C=O) groups is 1. The second-order valence-corrected chi connectivity index (χ2v) is 6.95. The highest BCUT2D eigenvalue weighted by Crippen LogP contribution is 2.44. The molecule has 1 aromatic rings. The molecule has 0 aromatic carbocycles. The molecule has 0 saturated heterocycles. The molecule has 8 heteroatoms. The van der Waals surface area contributed by atoms with E-state index in [9.17, 15) is 9.90 Å². The fourth-order valence-corrected chi connectivity index (χ4v) is 3.80. The highest BCUT2D eigenvalue weighted by Gasteiger charge is 2.35. The summed E-state index contributed by atoms with van der Waals surface area (Å²) in [6.07, 6.45) is 5.82. The van der Waals surface area contributed by atoms with Gasteiger partial charge in [0.25, 0.3) is 0 Å². The van der Waals surface area contributed by atoms with E-state index in [0.717, 1.165) is 28.3 Å². The largest absolute Gasteiger partial charge is 0.550 e. The molecule has 0 N–H and O–H groups in total. The van der Waals surface area contributed by atoms with Gasteiger partial charge in [-0.2, -0.15) is 0 Å². The molecule has 0 spiro atoms. The van der Waals surface area contributed by atoms with Crippen molar-refractivity contribution in [2.24, 2.45) is 0 Å². The smallest absolute Gasteiger partial charge is 0.224 e. The Morgan fingerprint density at radius 3 is 2.71 bits per heavy atom. The molecule has 24 heavy (non-hydrogen) atoms. The zero-order chi connectivity index (χ0) is 17.3. The van der Waals surface area contributed by atoms with E-state index >= 15 is 0 Å². The second kappa shape index (κ2) is 6.72. The first-order valence-corrected chi connectivity index (χ1v) is 8.61. The number of nitrogens with zero attached hydrogens (tertiary/aromatic N) is 4. The van der Waals surface area contributed by atoms with Crippen LogP contribution < -0.4 is 10.0 Å². The van der Waals surface area contributed by atoms with E-state index in [1.165, 1.54) is 0 Å². The Hall–Kier alpha value is -2.22. The minimum Gasteiger partial charge on any atom is -0.550 e. The van der Waals surface area contributed by atoms with Crippen molar-refractivity contribution in [1.29, 1.82) is 0 Å². The van der Waals surface area contributed by atoms with Crippen molar-refractivity contribution < 1.29 is 14.6 Å². The number of thioether (sulfide) groups is 1. The number of ether oxygens (including phenoxy) is 1. The molecule has 3 heterocycles. The molecule has 2 aliphatic heterocycles. The molecular formula is C16H19N4O3S-. The van der Waals surface area contributed by atoms with E-state index in [4.69, 9.17) is 4.74 Å². The van der Waals surface area contributed by atoms with Crippen LogP contribution in [0.15, 0.2) is 34.8 Å². The van der Waals surface area contributed by atoms with Crippen molar-refractivity contribution in [3.8, 4) is 0 Å². The molecule has 1 aromatic heterocycles. The Morgan fingerprint density at radius 1 is 1.46 bits per heavy atom. The summed E-state index contributed by atoms with van der Waals surface area (Å²) in [7, 11) is 5.63. The van der Waals surface area contributed by atoms with Crippen molar-refractivity contribution in [3.63, 3.8) is 0 Å². The number of likely N-dealkylation sites (N-methyl/N-ethyl adjacent to an activating group) is 1. The fourth-order valence-electron chi connectivity index (χ4n) is 2.72. The summed E-state index contributed by atoms with van der Waals surface area (Å²) in [5, 5.41) is 11.1. The van der Waals surface area contributed by atoms with Crippen molar-refractivity contribution in [3.05, 3.63) is 40.4 Å². The molecule has 3 rings (SSSR count). The fraction of sp³-hybridized carbons (Fsp3) is 0.438. The second-order valence-electron chi connectivity index (χ2n) is 5.82. The maximum absolute atomic E-state index is 11.1. The minimum absolute atomic E-state index is 0.245. The first-order valence-electron chi connectivity index (χ1n) is 7.62. The van der Waals surface area contributed by atoms with Gasteiger partial charge < -0.3 is 24.4 Å². The van der Waals surface area contributed by atoms with E-state index < -0.39 is 12.2 Å². The number of allylic oxidation sites excluding steroid dienone is 1. The Morgan fingerprint density at radius 2 is 2.17 bits per heavy atom. The Bertz CT molecular complexity index is 700.